The summed E-state index contributed by atoms with van der Waals surface area (Å²) in [5.74, 6) is 1.19. The Bertz CT molecular complexity index is 414. The summed E-state index contributed by atoms with van der Waals surface area (Å²) in [6.07, 6.45) is 4.88. The number of aliphatic hydroxyl groups excluding tert-OH is 1. The molecule has 4 nitrogen and oxygen atoms in total. The molecule has 0 unspecified atom stereocenters. The monoisotopic (exact) mass is 202 g/mol. The first-order chi connectivity index (χ1) is 7.38. The Hall–Kier alpha value is -1.94. The predicted molar refractivity (Wildman–Crippen MR) is 54.5 cm³/mol. The molecule has 0 atom stereocenters. The maximum absolute atomic E-state index is 8.83. The van der Waals surface area contributed by atoms with E-state index >= 15 is 0 Å². The molecule has 0 amide bonds. The SMILES string of the molecule is OCc1ccc(Oc2ccncc2)nc1. The van der Waals surface area contributed by atoms with E-state index in [0.717, 1.165) is 5.56 Å². The van der Waals surface area contributed by atoms with Gasteiger partial charge in [0, 0.05) is 24.7 Å². The summed E-state index contributed by atoms with van der Waals surface area (Å²) >= 11 is 0. The zero-order valence-electron chi connectivity index (χ0n) is 8.00. The number of rotatable bonds is 3. The van der Waals surface area contributed by atoms with Gasteiger partial charge < -0.3 is 9.84 Å². The zero-order valence-corrected chi connectivity index (χ0v) is 8.00. The van der Waals surface area contributed by atoms with Gasteiger partial charge in [0.1, 0.15) is 5.75 Å². The highest BCUT2D eigenvalue weighted by molar-refractivity contribution is 5.25. The second-order valence-electron chi connectivity index (χ2n) is 2.95. The van der Waals surface area contributed by atoms with Crippen LogP contribution in [-0.4, -0.2) is 15.1 Å². The Morgan fingerprint density at radius 3 is 2.53 bits per heavy atom. The van der Waals surface area contributed by atoms with Crippen LogP contribution in [0.2, 0.25) is 0 Å². The van der Waals surface area contributed by atoms with E-state index in [2.05, 4.69) is 9.97 Å². The number of nitrogens with zero attached hydrogens (tertiary/aromatic N) is 2. The van der Waals surface area contributed by atoms with Crippen LogP contribution in [0.3, 0.4) is 0 Å². The molecule has 0 fully saturated rings. The third kappa shape index (κ3) is 2.51. The molecule has 0 saturated heterocycles. The van der Waals surface area contributed by atoms with E-state index in [0.29, 0.717) is 11.6 Å². The third-order valence-electron chi connectivity index (χ3n) is 1.85. The van der Waals surface area contributed by atoms with Crippen LogP contribution < -0.4 is 4.74 Å². The number of aliphatic hydroxyl groups is 1. The summed E-state index contributed by atoms with van der Waals surface area (Å²) in [5, 5.41) is 8.83. The summed E-state index contributed by atoms with van der Waals surface area (Å²) < 4.78 is 5.45. The lowest BCUT2D eigenvalue weighted by Gasteiger charge is -2.03. The van der Waals surface area contributed by atoms with Crippen molar-refractivity contribution >= 4 is 0 Å². The van der Waals surface area contributed by atoms with Crippen molar-refractivity contribution in [2.45, 2.75) is 6.61 Å². The summed E-state index contributed by atoms with van der Waals surface area (Å²) in [7, 11) is 0. The normalized spacial score (nSPS) is 9.93. The molecular formula is C11H10N2O2. The molecular weight excluding hydrogens is 192 g/mol. The lowest BCUT2D eigenvalue weighted by Crippen LogP contribution is -1.89. The average Bonchev–Trinajstić information content (AvgIpc) is 2.31. The minimum atomic E-state index is -0.0114. The van der Waals surface area contributed by atoms with E-state index in [1.165, 1.54) is 0 Å². The zero-order chi connectivity index (χ0) is 10.5. The van der Waals surface area contributed by atoms with Crippen molar-refractivity contribution in [2.24, 2.45) is 0 Å². The lowest BCUT2D eigenvalue weighted by molar-refractivity contribution is 0.281. The van der Waals surface area contributed by atoms with Gasteiger partial charge in [-0.15, -0.1) is 0 Å². The summed E-state index contributed by atoms with van der Waals surface area (Å²) in [4.78, 5) is 7.92. The van der Waals surface area contributed by atoms with Crippen LogP contribution in [0.4, 0.5) is 0 Å². The van der Waals surface area contributed by atoms with Crippen LogP contribution in [-0.2, 0) is 6.61 Å². The molecule has 0 aliphatic heterocycles. The molecule has 76 valence electrons. The van der Waals surface area contributed by atoms with E-state index in [-0.39, 0.29) is 6.61 Å². The summed E-state index contributed by atoms with van der Waals surface area (Å²) in [6.45, 7) is -0.0114. The molecule has 1 N–H and O–H groups in total. The third-order valence-corrected chi connectivity index (χ3v) is 1.85. The van der Waals surface area contributed by atoms with Crippen molar-refractivity contribution in [3.8, 4) is 11.6 Å². The lowest BCUT2D eigenvalue weighted by atomic mass is 10.3. The Labute approximate surface area is 87.2 Å². The quantitative estimate of drug-likeness (QED) is 0.823. The fourth-order valence-electron chi connectivity index (χ4n) is 1.09. The molecule has 15 heavy (non-hydrogen) atoms. The molecule has 0 spiro atoms. The van der Waals surface area contributed by atoms with Crippen LogP contribution in [0, 0.1) is 0 Å². The van der Waals surface area contributed by atoms with Crippen molar-refractivity contribution in [3.05, 3.63) is 48.4 Å². The van der Waals surface area contributed by atoms with Gasteiger partial charge in [-0.05, 0) is 23.8 Å². The Kier molecular flexibility index (Phi) is 2.90. The van der Waals surface area contributed by atoms with Crippen LogP contribution in [0.15, 0.2) is 42.9 Å². The molecule has 0 aliphatic rings. The minimum absolute atomic E-state index is 0.0114. The van der Waals surface area contributed by atoms with Gasteiger partial charge in [-0.1, -0.05) is 0 Å². The summed E-state index contributed by atoms with van der Waals surface area (Å²) in [6, 6.07) is 6.98. The van der Waals surface area contributed by atoms with Gasteiger partial charge in [0.05, 0.1) is 6.61 Å². The smallest absolute Gasteiger partial charge is 0.219 e. The molecule has 2 aromatic rings. The minimum Gasteiger partial charge on any atom is -0.439 e. The maximum Gasteiger partial charge on any atom is 0.219 e. The molecule has 2 heterocycles. The number of hydrogen-bond acceptors (Lipinski definition) is 4. The molecule has 2 rings (SSSR count). The van der Waals surface area contributed by atoms with Crippen molar-refractivity contribution < 1.29 is 9.84 Å². The van der Waals surface area contributed by atoms with E-state index in [1.807, 2.05) is 0 Å². The van der Waals surface area contributed by atoms with Gasteiger partial charge in [0.25, 0.3) is 0 Å². The van der Waals surface area contributed by atoms with Gasteiger partial charge in [0.15, 0.2) is 0 Å². The van der Waals surface area contributed by atoms with Crippen molar-refractivity contribution in [1.82, 2.24) is 9.97 Å². The topological polar surface area (TPSA) is 55.2 Å². The van der Waals surface area contributed by atoms with Crippen LogP contribution in [0.5, 0.6) is 11.6 Å². The van der Waals surface area contributed by atoms with Crippen LogP contribution >= 0.6 is 0 Å². The molecule has 0 aromatic carbocycles. The second-order valence-corrected chi connectivity index (χ2v) is 2.95. The van der Waals surface area contributed by atoms with Crippen molar-refractivity contribution in [3.63, 3.8) is 0 Å². The highest BCUT2D eigenvalue weighted by atomic mass is 16.5. The van der Waals surface area contributed by atoms with Crippen molar-refractivity contribution in [1.29, 1.82) is 0 Å². The molecule has 2 aromatic heterocycles. The van der Waals surface area contributed by atoms with Gasteiger partial charge in [-0.25, -0.2) is 4.98 Å². The fourth-order valence-corrected chi connectivity index (χ4v) is 1.09. The average molecular weight is 202 g/mol. The Morgan fingerprint density at radius 2 is 1.93 bits per heavy atom. The van der Waals surface area contributed by atoms with Gasteiger partial charge >= 0.3 is 0 Å². The first-order valence-corrected chi connectivity index (χ1v) is 4.52. The Balaban J connectivity index is 2.11. The van der Waals surface area contributed by atoms with Crippen molar-refractivity contribution in [2.75, 3.05) is 0 Å². The number of pyridine rings is 2. The molecule has 0 radical (unpaired) electrons. The van der Waals surface area contributed by atoms with E-state index in [9.17, 15) is 0 Å². The molecule has 0 bridgehead atoms. The Morgan fingerprint density at radius 1 is 1.13 bits per heavy atom. The van der Waals surface area contributed by atoms with Crippen LogP contribution in [0.1, 0.15) is 5.56 Å². The number of ether oxygens (including phenoxy) is 1. The fraction of sp³-hybridized carbons (Fsp3) is 0.0909. The first-order valence-electron chi connectivity index (χ1n) is 4.52. The van der Waals surface area contributed by atoms with E-state index < -0.39 is 0 Å². The number of hydrogen-bond donors (Lipinski definition) is 1. The van der Waals surface area contributed by atoms with Crippen LogP contribution in [0.25, 0.3) is 0 Å². The van der Waals surface area contributed by atoms with E-state index in [4.69, 9.17) is 9.84 Å². The standard InChI is InChI=1S/C11H10N2O2/c14-8-9-1-2-11(13-7-9)15-10-3-5-12-6-4-10/h1-7,14H,8H2. The van der Waals surface area contributed by atoms with Gasteiger partial charge in [-0.3, -0.25) is 4.98 Å². The first kappa shape index (κ1) is 9.61. The molecule has 0 aliphatic carbocycles. The molecule has 4 heteroatoms. The summed E-state index contributed by atoms with van der Waals surface area (Å²) in [5.41, 5.74) is 0.761. The maximum atomic E-state index is 8.83. The largest absolute Gasteiger partial charge is 0.439 e. The highest BCUT2D eigenvalue weighted by Crippen LogP contribution is 2.17. The predicted octanol–water partition coefficient (Wildman–Crippen LogP) is 1.76. The second kappa shape index (κ2) is 4.52. The highest BCUT2D eigenvalue weighted by Gasteiger charge is 1.97. The molecule has 0 saturated carbocycles. The number of aromatic nitrogens is 2. The van der Waals surface area contributed by atoms with Gasteiger partial charge in [0.2, 0.25) is 5.88 Å². The van der Waals surface area contributed by atoms with Gasteiger partial charge in [-0.2, -0.15) is 0 Å². The van der Waals surface area contributed by atoms with E-state index in [1.54, 1.807) is 42.9 Å².